The Labute approximate surface area is 147 Å². The SMILES string of the molecule is CCCC[C@H](CC)COC(=O)CC(C(=O)O)S(=O)(=O)[O-].[Na+]. The Morgan fingerprint density at radius 3 is 2.24 bits per heavy atom. The summed E-state index contributed by atoms with van der Waals surface area (Å²) in [7, 11) is -5.07. The van der Waals surface area contributed by atoms with E-state index in [0.29, 0.717) is 0 Å². The summed E-state index contributed by atoms with van der Waals surface area (Å²) in [5, 5.41) is 6.32. The molecule has 0 amide bonds. The molecule has 0 saturated carbocycles. The molecular weight excluding hydrogens is 311 g/mol. The van der Waals surface area contributed by atoms with Gasteiger partial charge in [-0.1, -0.05) is 33.1 Å². The van der Waals surface area contributed by atoms with Gasteiger partial charge in [0.15, 0.2) is 5.25 Å². The Kier molecular flexibility index (Phi) is 12.6. The Morgan fingerprint density at radius 1 is 1.29 bits per heavy atom. The molecule has 0 fully saturated rings. The molecule has 0 aromatic heterocycles. The first-order valence-corrected chi connectivity index (χ1v) is 8.02. The molecular formula is C12H21NaO7S. The molecule has 0 aromatic rings. The minimum absolute atomic E-state index is 0. The predicted octanol–water partition coefficient (Wildman–Crippen LogP) is -1.86. The number of hydrogen-bond donors (Lipinski definition) is 1. The van der Waals surface area contributed by atoms with Crippen LogP contribution in [0, 0.1) is 5.92 Å². The molecule has 0 rings (SSSR count). The van der Waals surface area contributed by atoms with E-state index in [2.05, 4.69) is 0 Å². The predicted molar refractivity (Wildman–Crippen MR) is 70.0 cm³/mol. The third-order valence-electron chi connectivity index (χ3n) is 3.00. The fourth-order valence-corrected chi connectivity index (χ4v) is 2.22. The van der Waals surface area contributed by atoms with Crippen molar-refractivity contribution in [3.05, 3.63) is 0 Å². The van der Waals surface area contributed by atoms with Crippen molar-refractivity contribution in [2.75, 3.05) is 6.61 Å². The third kappa shape index (κ3) is 10.2. The summed E-state index contributed by atoms with van der Waals surface area (Å²) in [6.45, 7) is 4.09. The largest absolute Gasteiger partial charge is 1.00 e. The van der Waals surface area contributed by atoms with E-state index in [1.165, 1.54) is 0 Å². The minimum Gasteiger partial charge on any atom is -0.747 e. The van der Waals surface area contributed by atoms with E-state index >= 15 is 0 Å². The van der Waals surface area contributed by atoms with Gasteiger partial charge in [-0.15, -0.1) is 0 Å². The van der Waals surface area contributed by atoms with Gasteiger partial charge in [-0.25, -0.2) is 8.42 Å². The van der Waals surface area contributed by atoms with Crippen molar-refractivity contribution in [3.63, 3.8) is 0 Å². The van der Waals surface area contributed by atoms with Crippen LogP contribution in [-0.2, 0) is 24.4 Å². The molecule has 7 nitrogen and oxygen atoms in total. The third-order valence-corrected chi connectivity index (χ3v) is 4.06. The molecule has 9 heteroatoms. The molecule has 0 saturated heterocycles. The molecule has 118 valence electrons. The quantitative estimate of drug-likeness (QED) is 0.283. The fraction of sp³-hybridized carbons (Fsp3) is 0.833. The maximum atomic E-state index is 11.4. The first-order valence-electron chi connectivity index (χ1n) is 6.55. The smallest absolute Gasteiger partial charge is 0.747 e. The van der Waals surface area contributed by atoms with E-state index in [-0.39, 0.29) is 42.1 Å². The van der Waals surface area contributed by atoms with Gasteiger partial charge in [0, 0.05) is 0 Å². The molecule has 0 aliphatic rings. The molecule has 1 N–H and O–H groups in total. The summed E-state index contributed by atoms with van der Waals surface area (Å²) in [5.74, 6) is -2.66. The first-order chi connectivity index (χ1) is 9.22. The van der Waals surface area contributed by atoms with Crippen LogP contribution < -0.4 is 29.6 Å². The Hall–Kier alpha value is -0.150. The van der Waals surface area contributed by atoms with E-state index in [1.54, 1.807) is 0 Å². The average Bonchev–Trinajstić information content (AvgIpc) is 2.34. The Balaban J connectivity index is 0. The maximum absolute atomic E-state index is 11.4. The number of esters is 1. The topological polar surface area (TPSA) is 121 Å². The number of hydrogen-bond acceptors (Lipinski definition) is 6. The summed E-state index contributed by atoms with van der Waals surface area (Å²) in [6, 6.07) is 0. The maximum Gasteiger partial charge on any atom is 1.00 e. The molecule has 0 radical (unpaired) electrons. The van der Waals surface area contributed by atoms with E-state index in [0.717, 1.165) is 25.7 Å². The molecule has 2 atom stereocenters. The molecule has 21 heavy (non-hydrogen) atoms. The first kappa shape index (κ1) is 23.1. The number of aliphatic carboxylic acids is 1. The van der Waals surface area contributed by atoms with Crippen LogP contribution in [0.1, 0.15) is 46.0 Å². The van der Waals surface area contributed by atoms with Crippen molar-refractivity contribution in [2.24, 2.45) is 5.92 Å². The van der Waals surface area contributed by atoms with Crippen LogP contribution in [0.25, 0.3) is 0 Å². The summed E-state index contributed by atoms with van der Waals surface area (Å²) in [6.07, 6.45) is 2.73. The zero-order valence-corrected chi connectivity index (χ0v) is 15.5. The number of rotatable bonds is 10. The van der Waals surface area contributed by atoms with Gasteiger partial charge in [-0.05, 0) is 12.3 Å². The Morgan fingerprint density at radius 2 is 1.86 bits per heavy atom. The van der Waals surface area contributed by atoms with Crippen LogP contribution >= 0.6 is 0 Å². The van der Waals surface area contributed by atoms with Crippen LogP contribution in [0.5, 0.6) is 0 Å². The number of ether oxygens (including phenoxy) is 1. The number of carboxylic acids is 1. The van der Waals surface area contributed by atoms with Crippen molar-refractivity contribution in [3.8, 4) is 0 Å². The number of carboxylic acid groups (broad SMARTS) is 1. The molecule has 0 bridgehead atoms. The second kappa shape index (κ2) is 11.4. The van der Waals surface area contributed by atoms with Crippen LogP contribution in [0.3, 0.4) is 0 Å². The zero-order valence-electron chi connectivity index (χ0n) is 12.7. The van der Waals surface area contributed by atoms with E-state index < -0.39 is 33.7 Å². The van der Waals surface area contributed by atoms with Gasteiger partial charge >= 0.3 is 41.5 Å². The van der Waals surface area contributed by atoms with Gasteiger partial charge in [-0.3, -0.25) is 9.59 Å². The van der Waals surface area contributed by atoms with Crippen LogP contribution in [0.4, 0.5) is 0 Å². The van der Waals surface area contributed by atoms with Crippen molar-refractivity contribution in [2.45, 2.75) is 51.2 Å². The van der Waals surface area contributed by atoms with Crippen molar-refractivity contribution < 1.29 is 62.0 Å². The second-order valence-corrected chi connectivity index (χ2v) is 6.18. The van der Waals surface area contributed by atoms with Gasteiger partial charge in [0.25, 0.3) is 0 Å². The second-order valence-electron chi connectivity index (χ2n) is 4.62. The summed E-state index contributed by atoms with van der Waals surface area (Å²) < 4.78 is 37.0. The van der Waals surface area contributed by atoms with E-state index in [9.17, 15) is 22.6 Å². The number of carbonyl (C=O) groups is 2. The zero-order chi connectivity index (χ0) is 15.8. The van der Waals surface area contributed by atoms with Gasteiger partial charge in [-0.2, -0.15) is 0 Å². The molecule has 0 heterocycles. The van der Waals surface area contributed by atoms with Crippen molar-refractivity contribution in [1.82, 2.24) is 0 Å². The van der Waals surface area contributed by atoms with E-state index in [4.69, 9.17) is 9.84 Å². The monoisotopic (exact) mass is 332 g/mol. The van der Waals surface area contributed by atoms with Gasteiger partial charge in [0.2, 0.25) is 0 Å². The number of carbonyl (C=O) groups excluding carboxylic acids is 1. The van der Waals surface area contributed by atoms with Gasteiger partial charge < -0.3 is 14.4 Å². The van der Waals surface area contributed by atoms with Crippen molar-refractivity contribution >= 4 is 22.1 Å². The number of unbranched alkanes of at least 4 members (excludes halogenated alkanes) is 1. The molecule has 1 unspecified atom stereocenters. The normalized spacial score (nSPS) is 13.9. The fourth-order valence-electron chi connectivity index (χ4n) is 1.63. The Bertz CT molecular complexity index is 421. The molecule has 0 aromatic carbocycles. The standard InChI is InChI=1S/C12H22O7S.Na/c1-3-5-6-9(4-2)8-19-11(13)7-10(12(14)15)20(16,17)18;/h9-10H,3-8H2,1-2H3,(H,14,15)(H,16,17,18);/q;+1/p-1/t9-,10?;/m0./s1. The summed E-state index contributed by atoms with van der Waals surface area (Å²) in [5.41, 5.74) is 0. The van der Waals surface area contributed by atoms with Crippen molar-refractivity contribution in [1.29, 1.82) is 0 Å². The van der Waals surface area contributed by atoms with Gasteiger partial charge in [0.1, 0.15) is 10.1 Å². The van der Waals surface area contributed by atoms with E-state index in [1.807, 2.05) is 13.8 Å². The van der Waals surface area contributed by atoms with Gasteiger partial charge in [0.05, 0.1) is 13.0 Å². The summed E-state index contributed by atoms with van der Waals surface area (Å²) in [4.78, 5) is 22.0. The molecule has 0 aliphatic carbocycles. The summed E-state index contributed by atoms with van der Waals surface area (Å²) >= 11 is 0. The minimum atomic E-state index is -5.07. The molecule has 0 spiro atoms. The van der Waals surface area contributed by atoms with Crippen LogP contribution in [-0.4, -0.2) is 41.9 Å². The van der Waals surface area contributed by atoms with Crippen LogP contribution in [0.15, 0.2) is 0 Å². The average molecular weight is 332 g/mol. The molecule has 0 aliphatic heterocycles. The van der Waals surface area contributed by atoms with Crippen LogP contribution in [0.2, 0.25) is 0 Å².